The Balaban J connectivity index is -0.000000131. The van der Waals surface area contributed by atoms with Crippen molar-refractivity contribution in [2.45, 2.75) is 123 Å². The minimum atomic E-state index is 0.459. The summed E-state index contributed by atoms with van der Waals surface area (Å²) in [6, 6.07) is 0. The normalized spacial score (nSPS) is 15.0. The first-order valence-corrected chi connectivity index (χ1v) is 14.6. The van der Waals surface area contributed by atoms with Crippen LogP contribution in [0.25, 0.3) is 0 Å². The summed E-state index contributed by atoms with van der Waals surface area (Å²) in [7, 11) is 0. The van der Waals surface area contributed by atoms with Gasteiger partial charge in [0.25, 0.3) is 0 Å². The lowest BCUT2D eigenvalue weighted by Gasteiger charge is -2.16. The van der Waals surface area contributed by atoms with Gasteiger partial charge < -0.3 is 5.73 Å². The minimum Gasteiger partial charge on any atom is -0.403 e. The third-order valence-corrected chi connectivity index (χ3v) is 5.72. The van der Waals surface area contributed by atoms with Gasteiger partial charge >= 0.3 is 0 Å². The van der Waals surface area contributed by atoms with Crippen molar-refractivity contribution in [1.29, 1.82) is 0 Å². The maximum absolute atomic E-state index is 5.58. The van der Waals surface area contributed by atoms with Crippen LogP contribution in [-0.2, 0) is 0 Å². The molecule has 0 fully saturated rings. The number of hydrogen-bond donors (Lipinski definition) is 1. The van der Waals surface area contributed by atoms with Crippen molar-refractivity contribution in [1.82, 2.24) is 0 Å². The molecule has 0 radical (unpaired) electrons. The molecule has 1 rings (SSSR count). The maximum Gasteiger partial charge on any atom is 0.00121 e. The Morgan fingerprint density at radius 3 is 1.73 bits per heavy atom. The SMILES string of the molecule is C/C=C(\C)CC.C=C(C)C(C)/C(=C/C)C/C=C(/C)N.C=CC1=CCC(C(=C)CC)C=C1.CC.CC.CC. The molecule has 1 heteroatoms. The summed E-state index contributed by atoms with van der Waals surface area (Å²) in [4.78, 5) is 0. The van der Waals surface area contributed by atoms with Crippen LogP contribution in [0.4, 0.5) is 0 Å². The molecule has 0 aliphatic heterocycles. The smallest absolute Gasteiger partial charge is 0.00121 e. The van der Waals surface area contributed by atoms with Gasteiger partial charge in [0.05, 0.1) is 0 Å². The summed E-state index contributed by atoms with van der Waals surface area (Å²) < 4.78 is 0. The molecule has 0 saturated heterocycles. The number of allylic oxidation sites excluding steroid dienone is 13. The van der Waals surface area contributed by atoms with Gasteiger partial charge in [-0.15, -0.1) is 0 Å². The molecule has 2 unspecified atom stereocenters. The van der Waals surface area contributed by atoms with Crippen LogP contribution in [0.1, 0.15) is 123 Å². The molecule has 216 valence electrons. The minimum absolute atomic E-state index is 0.459. The van der Waals surface area contributed by atoms with Gasteiger partial charge in [0.1, 0.15) is 0 Å². The Labute approximate surface area is 235 Å². The molecule has 1 aliphatic rings. The highest BCUT2D eigenvalue weighted by Gasteiger charge is 2.09. The molecule has 1 aliphatic carbocycles. The first kappa shape index (κ1) is 44.7. The predicted octanol–water partition coefficient (Wildman–Crippen LogP) is 12.5. The van der Waals surface area contributed by atoms with Crippen molar-refractivity contribution in [3.63, 3.8) is 0 Å². The van der Waals surface area contributed by atoms with Crippen molar-refractivity contribution >= 4 is 0 Å². The molecule has 0 spiro atoms. The molecule has 0 bridgehead atoms. The molecule has 1 nitrogen and oxygen atoms in total. The fourth-order valence-corrected chi connectivity index (χ4v) is 2.70. The summed E-state index contributed by atoms with van der Waals surface area (Å²) in [5.41, 5.74) is 13.1. The van der Waals surface area contributed by atoms with Crippen LogP contribution >= 0.6 is 0 Å². The van der Waals surface area contributed by atoms with E-state index in [4.69, 9.17) is 5.73 Å². The largest absolute Gasteiger partial charge is 0.403 e. The highest BCUT2D eigenvalue weighted by molar-refractivity contribution is 5.34. The van der Waals surface area contributed by atoms with Gasteiger partial charge in [-0.25, -0.2) is 0 Å². The first-order valence-electron chi connectivity index (χ1n) is 14.6. The third-order valence-electron chi connectivity index (χ3n) is 5.72. The van der Waals surface area contributed by atoms with Crippen LogP contribution < -0.4 is 5.73 Å². The van der Waals surface area contributed by atoms with Crippen molar-refractivity contribution in [2.24, 2.45) is 17.6 Å². The topological polar surface area (TPSA) is 26.0 Å². The van der Waals surface area contributed by atoms with E-state index in [0.29, 0.717) is 11.8 Å². The van der Waals surface area contributed by atoms with E-state index in [1.54, 1.807) is 0 Å². The fourth-order valence-electron chi connectivity index (χ4n) is 2.70. The average Bonchev–Trinajstić information content (AvgIpc) is 2.96. The molecular weight excluding hydrogens is 446 g/mol. The van der Waals surface area contributed by atoms with Gasteiger partial charge in [-0.2, -0.15) is 0 Å². The Bertz CT molecular complexity index is 703. The molecule has 37 heavy (non-hydrogen) atoms. The van der Waals surface area contributed by atoms with Gasteiger partial charge in [0.2, 0.25) is 0 Å². The van der Waals surface area contributed by atoms with Crippen LogP contribution in [0.2, 0.25) is 0 Å². The fraction of sp³-hybridized carbons (Fsp3) is 0.556. The standard InChI is InChI=1S/C12H21N.C12H16.C6H12.3C2H6/c1-6-12(8-7-10(4)13)11(5)9(2)3;1-4-10(3)12-8-6-11(5-2)7-9-12;1-4-6(3)5-2;3*1-2/h6-7,11H,2,8,13H2,1,3-5H3;5-8,12H,2-4,9H2,1H3;4H,5H2,1-3H3;3*1-2H3/b10-7-,12-6+;;6-4+;;;. The zero-order chi connectivity index (χ0) is 30.4. The Morgan fingerprint density at radius 2 is 1.49 bits per heavy atom. The third kappa shape index (κ3) is 28.1. The molecule has 0 saturated carbocycles. The Hall–Kier alpha value is -2.28. The first-order chi connectivity index (χ1) is 17.6. The predicted molar refractivity (Wildman–Crippen MR) is 179 cm³/mol. The van der Waals surface area contributed by atoms with E-state index in [0.717, 1.165) is 25.0 Å². The van der Waals surface area contributed by atoms with Gasteiger partial charge in [0, 0.05) is 11.6 Å². The van der Waals surface area contributed by atoms with Crippen molar-refractivity contribution in [3.05, 3.63) is 95.8 Å². The monoisotopic (exact) mass is 514 g/mol. The zero-order valence-electron chi connectivity index (χ0n) is 27.7. The molecule has 0 aromatic rings. The van der Waals surface area contributed by atoms with E-state index in [-0.39, 0.29) is 0 Å². The van der Waals surface area contributed by atoms with Gasteiger partial charge in [-0.05, 0) is 71.8 Å². The summed E-state index contributed by atoms with van der Waals surface area (Å²) in [5.74, 6) is 1.01. The number of rotatable bonds is 8. The lowest BCUT2D eigenvalue weighted by molar-refractivity contribution is 0.733. The number of nitrogens with two attached hydrogens (primary N) is 1. The summed E-state index contributed by atoms with van der Waals surface area (Å²) >= 11 is 0. The van der Waals surface area contributed by atoms with E-state index in [2.05, 4.69) is 105 Å². The quantitative estimate of drug-likeness (QED) is 0.321. The van der Waals surface area contributed by atoms with Gasteiger partial charge in [0.15, 0.2) is 0 Å². The number of hydrogen-bond acceptors (Lipinski definition) is 1. The van der Waals surface area contributed by atoms with E-state index in [9.17, 15) is 0 Å². The van der Waals surface area contributed by atoms with Crippen LogP contribution in [-0.4, -0.2) is 0 Å². The van der Waals surface area contributed by atoms with E-state index in [1.807, 2.05) is 54.5 Å². The zero-order valence-corrected chi connectivity index (χ0v) is 27.7. The van der Waals surface area contributed by atoms with Crippen LogP contribution in [0.3, 0.4) is 0 Å². The second-order valence-electron chi connectivity index (χ2n) is 8.19. The molecule has 2 atom stereocenters. The summed E-state index contributed by atoms with van der Waals surface area (Å²) in [6.45, 7) is 40.5. The maximum atomic E-state index is 5.58. The van der Waals surface area contributed by atoms with Gasteiger partial charge in [-0.3, -0.25) is 0 Å². The summed E-state index contributed by atoms with van der Waals surface area (Å²) in [5, 5.41) is 0. The van der Waals surface area contributed by atoms with Crippen LogP contribution in [0, 0.1) is 11.8 Å². The van der Waals surface area contributed by atoms with Crippen molar-refractivity contribution < 1.29 is 0 Å². The lowest BCUT2D eigenvalue weighted by atomic mass is 9.89. The van der Waals surface area contributed by atoms with E-state index < -0.39 is 0 Å². The Morgan fingerprint density at radius 1 is 0.973 bits per heavy atom. The van der Waals surface area contributed by atoms with Crippen LogP contribution in [0.5, 0.6) is 0 Å². The molecule has 2 N–H and O–H groups in total. The van der Waals surface area contributed by atoms with E-state index >= 15 is 0 Å². The molecule has 0 amide bonds. The second kappa shape index (κ2) is 33.7. The van der Waals surface area contributed by atoms with Gasteiger partial charge in [-0.1, -0.05) is 147 Å². The highest BCUT2D eigenvalue weighted by atomic mass is 14.5. The lowest BCUT2D eigenvalue weighted by Crippen LogP contribution is -2.01. The molecular formula is C36H67N. The average molecular weight is 514 g/mol. The van der Waals surface area contributed by atoms with Crippen molar-refractivity contribution in [3.8, 4) is 0 Å². The highest BCUT2D eigenvalue weighted by Crippen LogP contribution is 2.24. The molecule has 0 aromatic heterocycles. The molecule has 0 aromatic carbocycles. The van der Waals surface area contributed by atoms with E-state index in [1.165, 1.54) is 34.3 Å². The summed E-state index contributed by atoms with van der Waals surface area (Å²) in [6.07, 6.45) is 19.1. The van der Waals surface area contributed by atoms with Crippen molar-refractivity contribution in [2.75, 3.05) is 0 Å². The Kier molecular flexibility index (Phi) is 40.7. The second-order valence-corrected chi connectivity index (χ2v) is 8.19. The molecule has 0 heterocycles. The van der Waals surface area contributed by atoms with Crippen LogP contribution in [0.15, 0.2) is 95.8 Å².